The summed E-state index contributed by atoms with van der Waals surface area (Å²) in [5.41, 5.74) is 10.2. The minimum Gasteiger partial charge on any atom is -0.398 e. The molecule has 2 aromatic rings. The molecule has 0 aromatic heterocycles. The summed E-state index contributed by atoms with van der Waals surface area (Å²) in [4.78, 5) is 35.9. The van der Waals surface area contributed by atoms with Crippen LogP contribution in [-0.4, -0.2) is 36.9 Å². The lowest BCUT2D eigenvalue weighted by Crippen LogP contribution is -2.52. The average molecular weight is 516 g/mol. The van der Waals surface area contributed by atoms with Crippen LogP contribution in [0.15, 0.2) is 46.9 Å². The highest BCUT2D eigenvalue weighted by atomic mass is 79.9. The van der Waals surface area contributed by atoms with Crippen LogP contribution in [0.25, 0.3) is 0 Å². The number of nitrogens with two attached hydrogens (primary N) is 2. The number of hydrogen-bond acceptors (Lipinski definition) is 5. The molecule has 2 rings (SSSR count). The van der Waals surface area contributed by atoms with Gasteiger partial charge in [0, 0.05) is 23.2 Å². The van der Waals surface area contributed by atoms with Crippen molar-refractivity contribution in [2.45, 2.75) is 18.8 Å². The Balaban J connectivity index is 1.88. The number of benzene rings is 2. The van der Waals surface area contributed by atoms with E-state index in [-0.39, 0.29) is 12.2 Å². The molecule has 0 aliphatic carbocycles. The fourth-order valence-corrected chi connectivity index (χ4v) is 2.88. The molecule has 32 heavy (non-hydrogen) atoms. The van der Waals surface area contributed by atoms with Gasteiger partial charge in [0.15, 0.2) is 0 Å². The Morgan fingerprint density at radius 2 is 1.72 bits per heavy atom. The molecule has 172 valence electrons. The molecule has 7 N–H and O–H groups in total. The molecule has 12 heteroatoms. The second kappa shape index (κ2) is 11.0. The van der Waals surface area contributed by atoms with Crippen molar-refractivity contribution < 1.29 is 27.6 Å². The van der Waals surface area contributed by atoms with E-state index in [0.29, 0.717) is 12.6 Å². The third kappa shape index (κ3) is 7.54. The van der Waals surface area contributed by atoms with Crippen molar-refractivity contribution in [1.82, 2.24) is 16.0 Å². The van der Waals surface area contributed by atoms with Gasteiger partial charge in [-0.25, -0.2) is 0 Å². The van der Waals surface area contributed by atoms with Gasteiger partial charge in [-0.1, -0.05) is 28.1 Å². The summed E-state index contributed by atoms with van der Waals surface area (Å²) in [5.74, 6) is -2.51. The van der Waals surface area contributed by atoms with Crippen LogP contribution in [0.5, 0.6) is 0 Å². The molecule has 3 amide bonds. The van der Waals surface area contributed by atoms with Crippen molar-refractivity contribution in [3.05, 3.63) is 63.6 Å². The first-order valence-electron chi connectivity index (χ1n) is 9.26. The largest absolute Gasteiger partial charge is 0.416 e. The van der Waals surface area contributed by atoms with Gasteiger partial charge in [-0.2, -0.15) is 13.2 Å². The lowest BCUT2D eigenvalue weighted by Gasteiger charge is -2.17. The number of carbonyl (C=O) groups is 3. The molecule has 0 aliphatic heterocycles. The Morgan fingerprint density at radius 1 is 1.06 bits per heavy atom. The molecule has 2 aromatic carbocycles. The number of rotatable bonds is 9. The number of hydrogen-bond donors (Lipinski definition) is 5. The molecule has 0 saturated carbocycles. The summed E-state index contributed by atoms with van der Waals surface area (Å²) < 4.78 is 39.4. The zero-order chi connectivity index (χ0) is 23.9. The number of halogens is 4. The first-order chi connectivity index (χ1) is 15.0. The van der Waals surface area contributed by atoms with E-state index >= 15 is 0 Å². The lowest BCUT2D eigenvalue weighted by molar-refractivity contribution is -0.137. The quantitative estimate of drug-likeness (QED) is 0.322. The summed E-state index contributed by atoms with van der Waals surface area (Å²) >= 11 is 3.32. The number of nitrogen functional groups attached to an aromatic ring is 1. The summed E-state index contributed by atoms with van der Waals surface area (Å²) in [6.45, 7) is -0.144. The summed E-state index contributed by atoms with van der Waals surface area (Å²) in [6.07, 6.45) is -4.65. The maximum absolute atomic E-state index is 12.8. The minimum atomic E-state index is -4.65. The smallest absolute Gasteiger partial charge is 0.398 e. The SMILES string of the molecule is NC(=O)[C@H](CNCc1ccc(Br)cc1)NC(=O)CNC(=O)c1cc(C(F)(F)F)ccc1N. The number of carbonyl (C=O) groups excluding carboxylic acids is 3. The van der Waals surface area contributed by atoms with Gasteiger partial charge in [-0.05, 0) is 35.9 Å². The van der Waals surface area contributed by atoms with Crippen molar-refractivity contribution >= 4 is 39.3 Å². The molecule has 0 saturated heterocycles. The van der Waals surface area contributed by atoms with Gasteiger partial charge in [-0.15, -0.1) is 0 Å². The fraction of sp³-hybridized carbons (Fsp3) is 0.250. The van der Waals surface area contributed by atoms with Gasteiger partial charge < -0.3 is 27.4 Å². The number of primary amides is 1. The van der Waals surface area contributed by atoms with Crippen LogP contribution < -0.4 is 27.4 Å². The van der Waals surface area contributed by atoms with Gasteiger partial charge in [-0.3, -0.25) is 14.4 Å². The molecule has 0 fully saturated rings. The van der Waals surface area contributed by atoms with Crippen molar-refractivity contribution in [3.63, 3.8) is 0 Å². The second-order valence-corrected chi connectivity index (χ2v) is 7.68. The van der Waals surface area contributed by atoms with Crippen molar-refractivity contribution in [2.24, 2.45) is 5.73 Å². The number of nitrogens with one attached hydrogen (secondary N) is 3. The highest BCUT2D eigenvalue weighted by Gasteiger charge is 2.31. The molecular formula is C20H21BrF3N5O3. The molecule has 0 aliphatic rings. The van der Waals surface area contributed by atoms with Gasteiger partial charge in [0.2, 0.25) is 11.8 Å². The highest BCUT2D eigenvalue weighted by molar-refractivity contribution is 9.10. The van der Waals surface area contributed by atoms with Gasteiger partial charge in [0.25, 0.3) is 5.91 Å². The molecule has 0 heterocycles. The Labute approximate surface area is 190 Å². The second-order valence-electron chi connectivity index (χ2n) is 6.76. The molecule has 1 atom stereocenters. The van der Waals surface area contributed by atoms with E-state index in [1.54, 1.807) is 0 Å². The van der Waals surface area contributed by atoms with Crippen molar-refractivity contribution in [2.75, 3.05) is 18.8 Å². The molecule has 0 bridgehead atoms. The van der Waals surface area contributed by atoms with Crippen LogP contribution in [0.1, 0.15) is 21.5 Å². The minimum absolute atomic E-state index is 0.0334. The van der Waals surface area contributed by atoms with Gasteiger partial charge >= 0.3 is 6.18 Å². The third-order valence-corrected chi connectivity index (χ3v) is 4.83. The Morgan fingerprint density at radius 3 is 2.31 bits per heavy atom. The van der Waals surface area contributed by atoms with Crippen molar-refractivity contribution in [3.8, 4) is 0 Å². The predicted molar refractivity (Wildman–Crippen MR) is 115 cm³/mol. The van der Waals surface area contributed by atoms with E-state index in [1.165, 1.54) is 0 Å². The van der Waals surface area contributed by atoms with Crippen LogP contribution in [0.4, 0.5) is 18.9 Å². The Hall–Kier alpha value is -3.12. The van der Waals surface area contributed by atoms with Crippen LogP contribution in [0.3, 0.4) is 0 Å². The molecule has 0 spiro atoms. The van der Waals surface area contributed by atoms with E-state index in [0.717, 1.165) is 22.2 Å². The van der Waals surface area contributed by atoms with E-state index in [9.17, 15) is 27.6 Å². The van der Waals surface area contributed by atoms with Gasteiger partial charge in [0.05, 0.1) is 17.7 Å². The average Bonchev–Trinajstić information content (AvgIpc) is 2.72. The fourth-order valence-electron chi connectivity index (χ4n) is 2.62. The van der Waals surface area contributed by atoms with E-state index in [1.807, 2.05) is 24.3 Å². The van der Waals surface area contributed by atoms with Crippen LogP contribution in [0.2, 0.25) is 0 Å². The maximum atomic E-state index is 12.8. The molecule has 0 unspecified atom stereocenters. The topological polar surface area (TPSA) is 139 Å². The van der Waals surface area contributed by atoms with Crippen LogP contribution >= 0.6 is 15.9 Å². The van der Waals surface area contributed by atoms with Crippen LogP contribution in [0, 0.1) is 0 Å². The Kier molecular flexibility index (Phi) is 8.61. The van der Waals surface area contributed by atoms with E-state index in [4.69, 9.17) is 11.5 Å². The first-order valence-corrected chi connectivity index (χ1v) is 10.1. The maximum Gasteiger partial charge on any atom is 0.416 e. The summed E-state index contributed by atoms with van der Waals surface area (Å²) in [7, 11) is 0. The number of anilines is 1. The first kappa shape index (κ1) is 25.1. The number of amides is 3. The monoisotopic (exact) mass is 515 g/mol. The highest BCUT2D eigenvalue weighted by Crippen LogP contribution is 2.31. The van der Waals surface area contributed by atoms with Crippen molar-refractivity contribution in [1.29, 1.82) is 0 Å². The van der Waals surface area contributed by atoms with Crippen LogP contribution in [-0.2, 0) is 22.3 Å². The third-order valence-electron chi connectivity index (χ3n) is 4.30. The summed E-state index contributed by atoms with van der Waals surface area (Å²) in [6, 6.07) is 8.67. The lowest BCUT2D eigenvalue weighted by atomic mass is 10.1. The zero-order valence-corrected chi connectivity index (χ0v) is 18.2. The number of alkyl halides is 3. The predicted octanol–water partition coefficient (Wildman–Crippen LogP) is 1.54. The van der Waals surface area contributed by atoms with E-state index < -0.39 is 47.6 Å². The molecule has 8 nitrogen and oxygen atoms in total. The van der Waals surface area contributed by atoms with E-state index in [2.05, 4.69) is 31.9 Å². The standard InChI is InChI=1S/C20H21BrF3N5O3/c21-13-4-1-11(2-5-13)8-27-9-16(18(26)31)29-17(30)10-28-19(32)14-7-12(20(22,23)24)3-6-15(14)25/h1-7,16,27H,8-10,25H2,(H2,26,31)(H,28,32)(H,29,30)/t16-/m0/s1. The zero-order valence-electron chi connectivity index (χ0n) is 16.6. The molecular weight excluding hydrogens is 495 g/mol. The summed E-state index contributed by atoms with van der Waals surface area (Å²) in [5, 5.41) is 7.52. The molecule has 0 radical (unpaired) electrons. The van der Waals surface area contributed by atoms with Gasteiger partial charge in [0.1, 0.15) is 6.04 Å². The normalized spacial score (nSPS) is 12.1. The Bertz CT molecular complexity index is 983.